The molecule has 0 rings (SSSR count). The fourth-order valence-corrected chi connectivity index (χ4v) is 2.03. The first kappa shape index (κ1) is 20.1. The smallest absolute Gasteiger partial charge is 0.397 e. The highest BCUT2D eigenvalue weighted by Crippen LogP contribution is 2.14. The van der Waals surface area contributed by atoms with Crippen molar-refractivity contribution >= 4 is 17.8 Å². The van der Waals surface area contributed by atoms with Gasteiger partial charge in [-0.3, -0.25) is 4.79 Å². The van der Waals surface area contributed by atoms with Crippen molar-refractivity contribution in [2.75, 3.05) is 6.61 Å². The predicted molar refractivity (Wildman–Crippen MR) is 83.1 cm³/mol. The van der Waals surface area contributed by atoms with Crippen LogP contribution in [-0.2, 0) is 19.1 Å². The number of hydrogen-bond acceptors (Lipinski definition) is 4. The molecule has 0 radical (unpaired) electrons. The number of ether oxygens (including phenoxy) is 1. The molecular weight excluding hydrogens is 286 g/mol. The van der Waals surface area contributed by atoms with Crippen LogP contribution in [0.25, 0.3) is 0 Å². The first-order valence-electron chi connectivity index (χ1n) is 7.85. The van der Waals surface area contributed by atoms with Crippen molar-refractivity contribution in [2.24, 2.45) is 0 Å². The van der Waals surface area contributed by atoms with Gasteiger partial charge in [-0.05, 0) is 26.7 Å². The van der Waals surface area contributed by atoms with E-state index in [2.05, 4.69) is 17.0 Å². The van der Waals surface area contributed by atoms with Crippen LogP contribution >= 0.6 is 0 Å². The molecule has 0 aromatic rings. The summed E-state index contributed by atoms with van der Waals surface area (Å²) in [6.07, 6.45) is 6.66. The molecule has 0 atom stereocenters. The van der Waals surface area contributed by atoms with Crippen LogP contribution in [0.5, 0.6) is 0 Å². The van der Waals surface area contributed by atoms with Gasteiger partial charge in [0, 0.05) is 5.70 Å². The monoisotopic (exact) mass is 313 g/mol. The van der Waals surface area contributed by atoms with Crippen LogP contribution in [0.2, 0.25) is 0 Å². The Morgan fingerprint density at radius 1 is 1.00 bits per heavy atom. The van der Waals surface area contributed by atoms with Crippen LogP contribution in [-0.4, -0.2) is 29.6 Å². The summed E-state index contributed by atoms with van der Waals surface area (Å²) in [5.41, 5.74) is 0.326. The highest BCUT2D eigenvalue weighted by atomic mass is 16.5. The highest BCUT2D eigenvalue weighted by Gasteiger charge is 2.18. The molecule has 0 aromatic heterocycles. The number of amides is 1. The average Bonchev–Trinajstić information content (AvgIpc) is 2.46. The number of esters is 1. The molecule has 126 valence electrons. The zero-order chi connectivity index (χ0) is 17.0. The van der Waals surface area contributed by atoms with E-state index in [1.165, 1.54) is 19.8 Å². The van der Waals surface area contributed by atoms with Crippen molar-refractivity contribution in [3.63, 3.8) is 0 Å². The number of aliphatic carboxylic acids is 1. The second kappa shape index (κ2) is 11.8. The Kier molecular flexibility index (Phi) is 10.8. The van der Waals surface area contributed by atoms with Crippen LogP contribution in [0, 0.1) is 0 Å². The van der Waals surface area contributed by atoms with Gasteiger partial charge >= 0.3 is 17.8 Å². The van der Waals surface area contributed by atoms with Gasteiger partial charge in [0.1, 0.15) is 0 Å². The molecule has 0 saturated heterocycles. The normalized spacial score (nSPS) is 11.6. The molecule has 6 nitrogen and oxygen atoms in total. The van der Waals surface area contributed by atoms with Crippen LogP contribution in [0.15, 0.2) is 11.3 Å². The van der Waals surface area contributed by atoms with E-state index in [0.29, 0.717) is 6.42 Å². The number of carbonyl (C=O) groups excluding carboxylic acids is 2. The zero-order valence-corrected chi connectivity index (χ0v) is 13.7. The number of nitrogens with one attached hydrogen (secondary N) is 1. The third-order valence-electron chi connectivity index (χ3n) is 3.25. The maximum Gasteiger partial charge on any atom is 0.397 e. The maximum atomic E-state index is 11.5. The number of hydrogen-bond donors (Lipinski definition) is 2. The fourth-order valence-electron chi connectivity index (χ4n) is 2.03. The van der Waals surface area contributed by atoms with Crippen molar-refractivity contribution < 1.29 is 24.2 Å². The Balaban J connectivity index is 4.47. The molecule has 0 spiro atoms. The molecule has 0 aliphatic heterocycles. The summed E-state index contributed by atoms with van der Waals surface area (Å²) in [5.74, 6) is -3.03. The first-order chi connectivity index (χ1) is 10.4. The van der Waals surface area contributed by atoms with Crippen molar-refractivity contribution in [3.05, 3.63) is 11.3 Å². The van der Waals surface area contributed by atoms with Crippen molar-refractivity contribution in [1.29, 1.82) is 0 Å². The molecule has 0 saturated carbocycles. The number of carbonyl (C=O) groups is 3. The van der Waals surface area contributed by atoms with Crippen LogP contribution < -0.4 is 5.32 Å². The van der Waals surface area contributed by atoms with Crippen molar-refractivity contribution in [3.8, 4) is 0 Å². The SMILES string of the molecule is CCCCCCCC/C(C(=O)O)=C(\C)NC(=O)C(=O)OCC. The molecular formula is C16H27NO5. The molecule has 1 amide bonds. The Bertz CT molecular complexity index is 415. The molecule has 0 fully saturated rings. The van der Waals surface area contributed by atoms with Gasteiger partial charge in [0.2, 0.25) is 0 Å². The fraction of sp³-hybridized carbons (Fsp3) is 0.688. The van der Waals surface area contributed by atoms with Gasteiger partial charge in [0.15, 0.2) is 0 Å². The second-order valence-corrected chi connectivity index (χ2v) is 5.10. The van der Waals surface area contributed by atoms with Crippen LogP contribution in [0.1, 0.15) is 65.7 Å². The maximum absolute atomic E-state index is 11.5. The minimum absolute atomic E-state index is 0.0958. The van der Waals surface area contributed by atoms with E-state index >= 15 is 0 Å². The topological polar surface area (TPSA) is 92.7 Å². The van der Waals surface area contributed by atoms with Gasteiger partial charge in [-0.2, -0.15) is 0 Å². The standard InChI is InChI=1S/C16H27NO5/c1-4-6-7-8-9-10-11-13(15(19)20)12(3)17-14(18)16(21)22-5-2/h4-11H2,1-3H3,(H,17,18)(H,19,20)/b13-12-. The highest BCUT2D eigenvalue weighted by molar-refractivity contribution is 6.32. The van der Waals surface area contributed by atoms with Crippen molar-refractivity contribution in [1.82, 2.24) is 5.32 Å². The van der Waals surface area contributed by atoms with E-state index in [4.69, 9.17) is 0 Å². The van der Waals surface area contributed by atoms with Crippen molar-refractivity contribution in [2.45, 2.75) is 65.7 Å². The van der Waals surface area contributed by atoms with E-state index in [1.807, 2.05) is 0 Å². The third-order valence-corrected chi connectivity index (χ3v) is 3.25. The summed E-state index contributed by atoms with van der Waals surface area (Å²) in [6, 6.07) is 0. The van der Waals surface area contributed by atoms with Gasteiger partial charge in [-0.25, -0.2) is 9.59 Å². The molecule has 6 heteroatoms. The number of rotatable bonds is 10. The molecule has 0 aliphatic carbocycles. The van der Waals surface area contributed by atoms with Gasteiger partial charge in [0.05, 0.1) is 12.2 Å². The molecule has 0 aromatic carbocycles. The van der Waals surface area contributed by atoms with E-state index in [9.17, 15) is 19.5 Å². The minimum atomic E-state index is -1.07. The number of carboxylic acids is 1. The number of allylic oxidation sites excluding steroid dienone is 1. The van der Waals surface area contributed by atoms with E-state index in [0.717, 1.165) is 25.7 Å². The molecule has 0 heterocycles. The summed E-state index contributed by atoms with van der Waals surface area (Å²) in [6.45, 7) is 5.31. The lowest BCUT2D eigenvalue weighted by atomic mass is 10.0. The van der Waals surface area contributed by atoms with Crippen LogP contribution in [0.3, 0.4) is 0 Å². The van der Waals surface area contributed by atoms with E-state index in [1.54, 1.807) is 6.92 Å². The summed E-state index contributed by atoms with van der Waals surface area (Å²) in [4.78, 5) is 34.0. The van der Waals surface area contributed by atoms with Gasteiger partial charge < -0.3 is 15.2 Å². The largest absolute Gasteiger partial charge is 0.478 e. The second-order valence-electron chi connectivity index (χ2n) is 5.10. The number of unbranched alkanes of at least 4 members (excludes halogenated alkanes) is 5. The predicted octanol–water partition coefficient (Wildman–Crippen LogP) is 2.77. The molecule has 0 aliphatic rings. The summed E-state index contributed by atoms with van der Waals surface area (Å²) >= 11 is 0. The number of carboxylic acid groups (broad SMARTS) is 1. The lowest BCUT2D eigenvalue weighted by Crippen LogP contribution is -2.32. The Morgan fingerprint density at radius 3 is 2.14 bits per heavy atom. The van der Waals surface area contributed by atoms with Gasteiger partial charge in [0.25, 0.3) is 0 Å². The van der Waals surface area contributed by atoms with Gasteiger partial charge in [-0.1, -0.05) is 39.0 Å². The average molecular weight is 313 g/mol. The third kappa shape index (κ3) is 8.44. The molecule has 22 heavy (non-hydrogen) atoms. The van der Waals surface area contributed by atoms with Crippen LogP contribution in [0.4, 0.5) is 0 Å². The minimum Gasteiger partial charge on any atom is -0.478 e. The molecule has 0 bridgehead atoms. The quantitative estimate of drug-likeness (QED) is 0.280. The Hall–Kier alpha value is -1.85. The zero-order valence-electron chi connectivity index (χ0n) is 13.7. The first-order valence-corrected chi connectivity index (χ1v) is 7.85. The summed E-state index contributed by atoms with van der Waals surface area (Å²) < 4.78 is 4.56. The van der Waals surface area contributed by atoms with E-state index < -0.39 is 17.8 Å². The van der Waals surface area contributed by atoms with Gasteiger partial charge in [-0.15, -0.1) is 0 Å². The van der Waals surface area contributed by atoms with E-state index in [-0.39, 0.29) is 17.9 Å². The summed E-state index contributed by atoms with van der Waals surface area (Å²) in [5, 5.41) is 11.5. The Labute approximate surface area is 131 Å². The molecule has 2 N–H and O–H groups in total. The lowest BCUT2D eigenvalue weighted by Gasteiger charge is -2.10. The Morgan fingerprint density at radius 2 is 1.59 bits per heavy atom. The lowest BCUT2D eigenvalue weighted by molar-refractivity contribution is -0.154. The molecule has 0 unspecified atom stereocenters. The summed E-state index contributed by atoms with van der Waals surface area (Å²) in [7, 11) is 0.